The van der Waals surface area contributed by atoms with Crippen LogP contribution in [0, 0.1) is 0 Å². The van der Waals surface area contributed by atoms with E-state index in [1.807, 2.05) is 19.1 Å². The normalized spacial score (nSPS) is 9.64. The van der Waals surface area contributed by atoms with Gasteiger partial charge in [-0.05, 0) is 0 Å². The van der Waals surface area contributed by atoms with Crippen molar-refractivity contribution in [3.05, 3.63) is 24.3 Å². The molecular weight excluding hydrogens is 252 g/mol. The number of rotatable bonds is 3. The Hall–Kier alpha value is -0.190. The Bertz CT molecular complexity index is 223. The van der Waals surface area contributed by atoms with Crippen LogP contribution in [-0.4, -0.2) is 27.5 Å². The molecule has 1 aromatic carbocycles. The van der Waals surface area contributed by atoms with Crippen LogP contribution in [0.2, 0.25) is 4.97 Å². The molecular formula is C9H12OTe. The van der Waals surface area contributed by atoms with Crippen molar-refractivity contribution in [1.29, 1.82) is 0 Å². The van der Waals surface area contributed by atoms with E-state index in [4.69, 9.17) is 4.74 Å². The average molecular weight is 264 g/mol. The summed E-state index contributed by atoms with van der Waals surface area (Å²) in [4.78, 5) is 2.27. The molecule has 0 aliphatic carbocycles. The Morgan fingerprint density at radius 2 is 2.09 bits per heavy atom. The third-order valence-electron chi connectivity index (χ3n) is 1.37. The molecule has 0 heterocycles. The van der Waals surface area contributed by atoms with Gasteiger partial charge in [0, 0.05) is 0 Å². The van der Waals surface area contributed by atoms with Gasteiger partial charge in [-0.3, -0.25) is 0 Å². The predicted molar refractivity (Wildman–Crippen MR) is 48.9 cm³/mol. The molecule has 0 amide bonds. The summed E-state index contributed by atoms with van der Waals surface area (Å²) in [5, 5.41) is 0. The molecule has 60 valence electrons. The van der Waals surface area contributed by atoms with Crippen molar-refractivity contribution < 1.29 is 4.74 Å². The zero-order valence-electron chi connectivity index (χ0n) is 6.83. The van der Waals surface area contributed by atoms with E-state index in [2.05, 4.69) is 17.1 Å². The molecule has 0 spiro atoms. The van der Waals surface area contributed by atoms with Crippen LogP contribution in [0.15, 0.2) is 24.3 Å². The number of hydrogen-bond acceptors (Lipinski definition) is 1. The molecule has 0 radical (unpaired) electrons. The molecule has 0 N–H and O–H groups in total. The summed E-state index contributed by atoms with van der Waals surface area (Å²) in [6, 6.07) is 8.31. The SMILES string of the molecule is CCOc1ccccc1[Te]C. The summed E-state index contributed by atoms with van der Waals surface area (Å²) in [5.41, 5.74) is 0. The van der Waals surface area contributed by atoms with Crippen LogP contribution in [0.25, 0.3) is 0 Å². The zero-order valence-corrected chi connectivity index (χ0v) is 9.16. The van der Waals surface area contributed by atoms with Crippen LogP contribution in [0.5, 0.6) is 5.75 Å². The molecule has 0 unspecified atom stereocenters. The second-order valence-corrected chi connectivity index (χ2v) is 4.50. The van der Waals surface area contributed by atoms with E-state index in [1.54, 1.807) is 0 Å². The van der Waals surface area contributed by atoms with Crippen molar-refractivity contribution in [1.82, 2.24) is 0 Å². The Morgan fingerprint density at radius 1 is 1.36 bits per heavy atom. The predicted octanol–water partition coefficient (Wildman–Crippen LogP) is 1.46. The van der Waals surface area contributed by atoms with Gasteiger partial charge >= 0.3 is 77.8 Å². The molecule has 0 fully saturated rings. The molecule has 0 bridgehead atoms. The molecule has 0 saturated heterocycles. The Morgan fingerprint density at radius 3 is 2.73 bits per heavy atom. The van der Waals surface area contributed by atoms with E-state index in [1.165, 1.54) is 3.61 Å². The molecule has 0 aromatic heterocycles. The Balaban J connectivity index is 2.83. The monoisotopic (exact) mass is 266 g/mol. The van der Waals surface area contributed by atoms with Gasteiger partial charge in [0.1, 0.15) is 0 Å². The molecule has 11 heavy (non-hydrogen) atoms. The summed E-state index contributed by atoms with van der Waals surface area (Å²) >= 11 is -0.0112. The van der Waals surface area contributed by atoms with Crippen LogP contribution in [0.1, 0.15) is 6.92 Å². The summed E-state index contributed by atoms with van der Waals surface area (Å²) in [5.74, 6) is 1.08. The molecule has 1 rings (SSSR count). The quantitative estimate of drug-likeness (QED) is 0.751. The number of ether oxygens (including phenoxy) is 1. The molecule has 1 aromatic rings. The first-order valence-corrected chi connectivity index (χ1v) is 7.14. The summed E-state index contributed by atoms with van der Waals surface area (Å²) < 4.78 is 6.88. The van der Waals surface area contributed by atoms with Gasteiger partial charge in [-0.1, -0.05) is 0 Å². The van der Waals surface area contributed by atoms with Crippen molar-refractivity contribution in [2.24, 2.45) is 0 Å². The van der Waals surface area contributed by atoms with Gasteiger partial charge in [0.05, 0.1) is 0 Å². The molecule has 0 aliphatic rings. The van der Waals surface area contributed by atoms with Crippen molar-refractivity contribution in [3.8, 4) is 5.75 Å². The van der Waals surface area contributed by atoms with Crippen molar-refractivity contribution in [2.75, 3.05) is 6.61 Å². The standard InChI is InChI=1S/C9H12OTe/c1-3-10-8-6-4-5-7-9(8)11-2/h4-7H,3H2,1-2H3. The van der Waals surface area contributed by atoms with Crippen LogP contribution in [0.3, 0.4) is 0 Å². The van der Waals surface area contributed by atoms with E-state index in [-0.39, 0.29) is 20.9 Å². The molecule has 0 saturated carbocycles. The summed E-state index contributed by atoms with van der Waals surface area (Å²) in [7, 11) is 0. The van der Waals surface area contributed by atoms with Gasteiger partial charge < -0.3 is 0 Å². The van der Waals surface area contributed by atoms with Crippen LogP contribution >= 0.6 is 0 Å². The van der Waals surface area contributed by atoms with Crippen molar-refractivity contribution in [3.63, 3.8) is 0 Å². The Kier molecular flexibility index (Phi) is 3.75. The summed E-state index contributed by atoms with van der Waals surface area (Å²) in [6.07, 6.45) is 0. The van der Waals surface area contributed by atoms with Gasteiger partial charge in [0.15, 0.2) is 0 Å². The van der Waals surface area contributed by atoms with Crippen molar-refractivity contribution >= 4 is 24.5 Å². The third kappa shape index (κ3) is 2.39. The summed E-state index contributed by atoms with van der Waals surface area (Å²) in [6.45, 7) is 2.79. The third-order valence-corrected chi connectivity index (χ3v) is 3.59. The zero-order chi connectivity index (χ0) is 8.10. The van der Waals surface area contributed by atoms with E-state index in [0.29, 0.717) is 0 Å². The number of benzene rings is 1. The van der Waals surface area contributed by atoms with Gasteiger partial charge in [-0.2, -0.15) is 0 Å². The van der Waals surface area contributed by atoms with Crippen LogP contribution < -0.4 is 8.35 Å². The van der Waals surface area contributed by atoms with Crippen LogP contribution in [0.4, 0.5) is 0 Å². The fourth-order valence-electron chi connectivity index (χ4n) is 0.894. The van der Waals surface area contributed by atoms with Gasteiger partial charge in [-0.15, -0.1) is 0 Å². The maximum absolute atomic E-state index is 5.46. The molecule has 1 nitrogen and oxygen atoms in total. The second kappa shape index (κ2) is 4.64. The number of hydrogen-bond donors (Lipinski definition) is 0. The first kappa shape index (κ1) is 8.90. The van der Waals surface area contributed by atoms with E-state index in [0.717, 1.165) is 12.4 Å². The van der Waals surface area contributed by atoms with Gasteiger partial charge in [-0.25, -0.2) is 0 Å². The minimum atomic E-state index is -0.0112. The average Bonchev–Trinajstić information content (AvgIpc) is 2.06. The maximum atomic E-state index is 5.46. The molecule has 0 aliphatic heterocycles. The fraction of sp³-hybridized carbons (Fsp3) is 0.333. The van der Waals surface area contributed by atoms with E-state index >= 15 is 0 Å². The topological polar surface area (TPSA) is 9.23 Å². The second-order valence-electron chi connectivity index (χ2n) is 2.08. The van der Waals surface area contributed by atoms with E-state index < -0.39 is 0 Å². The molecule has 0 atom stereocenters. The number of para-hydroxylation sites is 1. The first-order valence-electron chi connectivity index (χ1n) is 3.64. The Labute approximate surface area is 77.8 Å². The first-order chi connectivity index (χ1) is 5.38. The van der Waals surface area contributed by atoms with Gasteiger partial charge in [0.2, 0.25) is 0 Å². The minimum absolute atomic E-state index is 0.0112. The molecule has 2 heteroatoms. The van der Waals surface area contributed by atoms with Gasteiger partial charge in [0.25, 0.3) is 0 Å². The van der Waals surface area contributed by atoms with E-state index in [9.17, 15) is 0 Å². The van der Waals surface area contributed by atoms with Crippen LogP contribution in [-0.2, 0) is 0 Å². The van der Waals surface area contributed by atoms with Crippen molar-refractivity contribution in [2.45, 2.75) is 11.9 Å². The fourth-order valence-corrected chi connectivity index (χ4v) is 2.44.